The lowest BCUT2D eigenvalue weighted by molar-refractivity contribution is -0.136. The number of carbonyl (C=O) groups is 1. The summed E-state index contributed by atoms with van der Waals surface area (Å²) in [5.74, 6) is -0.195. The molecule has 5 heteroatoms. The Hall–Kier alpha value is -2.30. The highest BCUT2D eigenvalue weighted by Gasteiger charge is 2.08. The number of phenolic OH excluding ortho intramolecular Hbond substituents is 1. The minimum atomic E-state index is -0.861. The third kappa shape index (κ3) is 3.10. The number of para-hydroxylation sites is 1. The maximum absolute atomic E-state index is 10.4. The highest BCUT2D eigenvalue weighted by Crippen LogP contribution is 2.19. The molecule has 18 heavy (non-hydrogen) atoms. The van der Waals surface area contributed by atoms with Gasteiger partial charge in [-0.2, -0.15) is 0 Å². The van der Waals surface area contributed by atoms with E-state index < -0.39 is 5.97 Å². The van der Waals surface area contributed by atoms with Gasteiger partial charge in [-0.05, 0) is 6.07 Å². The number of hydrogen-bond acceptors (Lipinski definition) is 4. The topological polar surface area (TPSA) is 83.6 Å². The molecule has 1 aromatic carbocycles. The average Bonchev–Trinajstić information content (AvgIpc) is 2.77. The maximum atomic E-state index is 10.4. The van der Waals surface area contributed by atoms with Crippen LogP contribution in [-0.2, 0) is 17.6 Å². The quantitative estimate of drug-likeness (QED) is 0.844. The zero-order valence-corrected chi connectivity index (χ0v) is 9.67. The predicted molar refractivity (Wildman–Crippen MR) is 63.4 cm³/mol. The van der Waals surface area contributed by atoms with E-state index in [1.807, 2.05) is 6.07 Å². The Labute approximate surface area is 104 Å². The minimum Gasteiger partial charge on any atom is -0.508 e. The van der Waals surface area contributed by atoms with Crippen LogP contribution in [0.25, 0.3) is 0 Å². The SMILES string of the molecule is O=C(O)CCc1coc(Cc2ccccc2O)n1. The van der Waals surface area contributed by atoms with Crippen LogP contribution in [0.2, 0.25) is 0 Å². The van der Waals surface area contributed by atoms with Crippen LogP contribution in [0.3, 0.4) is 0 Å². The van der Waals surface area contributed by atoms with E-state index in [-0.39, 0.29) is 12.2 Å². The Kier molecular flexibility index (Phi) is 3.62. The summed E-state index contributed by atoms with van der Waals surface area (Å²) >= 11 is 0. The van der Waals surface area contributed by atoms with Crippen LogP contribution in [-0.4, -0.2) is 21.2 Å². The van der Waals surface area contributed by atoms with Crippen LogP contribution < -0.4 is 0 Å². The van der Waals surface area contributed by atoms with E-state index in [4.69, 9.17) is 9.52 Å². The zero-order chi connectivity index (χ0) is 13.0. The molecule has 0 atom stereocenters. The number of rotatable bonds is 5. The smallest absolute Gasteiger partial charge is 0.303 e. The lowest BCUT2D eigenvalue weighted by Crippen LogP contribution is -1.98. The predicted octanol–water partition coefficient (Wildman–Crippen LogP) is 1.99. The van der Waals surface area contributed by atoms with Gasteiger partial charge in [0.05, 0.1) is 18.5 Å². The number of benzene rings is 1. The number of phenols is 1. The molecule has 0 unspecified atom stereocenters. The van der Waals surface area contributed by atoms with E-state index in [9.17, 15) is 9.90 Å². The Balaban J connectivity index is 2.02. The number of nitrogens with zero attached hydrogens (tertiary/aromatic N) is 1. The minimum absolute atomic E-state index is 0.0303. The van der Waals surface area contributed by atoms with Crippen molar-refractivity contribution in [2.45, 2.75) is 19.3 Å². The molecule has 0 aliphatic rings. The molecule has 0 bridgehead atoms. The molecule has 94 valence electrons. The maximum Gasteiger partial charge on any atom is 0.303 e. The highest BCUT2D eigenvalue weighted by molar-refractivity contribution is 5.66. The molecule has 0 aliphatic carbocycles. The second kappa shape index (κ2) is 5.35. The van der Waals surface area contributed by atoms with Gasteiger partial charge in [-0.1, -0.05) is 18.2 Å². The van der Waals surface area contributed by atoms with Gasteiger partial charge in [0.2, 0.25) is 0 Å². The monoisotopic (exact) mass is 247 g/mol. The van der Waals surface area contributed by atoms with Crippen LogP contribution in [0.5, 0.6) is 5.75 Å². The zero-order valence-electron chi connectivity index (χ0n) is 9.67. The van der Waals surface area contributed by atoms with Gasteiger partial charge in [0.1, 0.15) is 12.0 Å². The summed E-state index contributed by atoms with van der Waals surface area (Å²) in [6, 6.07) is 6.95. The van der Waals surface area contributed by atoms with Gasteiger partial charge in [0.25, 0.3) is 0 Å². The molecule has 0 radical (unpaired) electrons. The van der Waals surface area contributed by atoms with Crippen molar-refractivity contribution in [2.75, 3.05) is 0 Å². The molecule has 2 N–H and O–H groups in total. The first kappa shape index (κ1) is 12.2. The first-order valence-electron chi connectivity index (χ1n) is 5.57. The number of oxazole rings is 1. The van der Waals surface area contributed by atoms with Crippen molar-refractivity contribution in [1.82, 2.24) is 4.98 Å². The van der Waals surface area contributed by atoms with Gasteiger partial charge < -0.3 is 14.6 Å². The molecule has 1 heterocycles. The van der Waals surface area contributed by atoms with Crippen LogP contribution >= 0.6 is 0 Å². The van der Waals surface area contributed by atoms with Gasteiger partial charge in [-0.3, -0.25) is 4.79 Å². The van der Waals surface area contributed by atoms with E-state index in [2.05, 4.69) is 4.98 Å². The van der Waals surface area contributed by atoms with Crippen molar-refractivity contribution < 1.29 is 19.4 Å². The standard InChI is InChI=1S/C13H13NO4/c15-11-4-2-1-3-9(11)7-12-14-10(8-18-12)5-6-13(16)17/h1-4,8,15H,5-7H2,(H,16,17). The molecule has 1 aromatic heterocycles. The third-order valence-electron chi connectivity index (χ3n) is 2.53. The first-order chi connectivity index (χ1) is 8.65. The van der Waals surface area contributed by atoms with E-state index in [1.54, 1.807) is 18.2 Å². The summed E-state index contributed by atoms with van der Waals surface area (Å²) in [7, 11) is 0. The number of aromatic nitrogens is 1. The number of carboxylic acid groups (broad SMARTS) is 1. The van der Waals surface area contributed by atoms with Gasteiger partial charge in [0, 0.05) is 12.0 Å². The Morgan fingerprint density at radius 1 is 1.33 bits per heavy atom. The van der Waals surface area contributed by atoms with Crippen molar-refractivity contribution >= 4 is 5.97 Å². The summed E-state index contributed by atoms with van der Waals surface area (Å²) in [6.07, 6.45) is 2.22. The van der Waals surface area contributed by atoms with E-state index in [0.717, 1.165) is 5.56 Å². The lowest BCUT2D eigenvalue weighted by atomic mass is 10.1. The number of aryl methyl sites for hydroxylation is 1. The summed E-state index contributed by atoms with van der Waals surface area (Å²) in [5, 5.41) is 18.2. The fourth-order valence-corrected chi connectivity index (χ4v) is 1.60. The van der Waals surface area contributed by atoms with Gasteiger partial charge in [-0.15, -0.1) is 0 Å². The number of aromatic hydroxyl groups is 1. The molecule has 0 saturated carbocycles. The Bertz CT molecular complexity index is 547. The van der Waals surface area contributed by atoms with E-state index in [1.165, 1.54) is 6.26 Å². The normalized spacial score (nSPS) is 10.4. The van der Waals surface area contributed by atoms with Crippen molar-refractivity contribution in [3.05, 3.63) is 47.7 Å². The van der Waals surface area contributed by atoms with E-state index >= 15 is 0 Å². The molecule has 0 amide bonds. The van der Waals surface area contributed by atoms with Gasteiger partial charge in [0.15, 0.2) is 5.89 Å². The lowest BCUT2D eigenvalue weighted by Gasteiger charge is -2.00. The summed E-state index contributed by atoms with van der Waals surface area (Å²) < 4.78 is 5.24. The Morgan fingerprint density at radius 2 is 2.11 bits per heavy atom. The molecule has 0 fully saturated rings. The summed E-state index contributed by atoms with van der Waals surface area (Å²) in [5.41, 5.74) is 1.34. The molecule has 0 aliphatic heterocycles. The van der Waals surface area contributed by atoms with Crippen LogP contribution in [0.15, 0.2) is 34.9 Å². The fourth-order valence-electron chi connectivity index (χ4n) is 1.60. The van der Waals surface area contributed by atoms with Crippen LogP contribution in [0, 0.1) is 0 Å². The summed E-state index contributed by atoms with van der Waals surface area (Å²) in [6.45, 7) is 0. The molecular formula is C13H13NO4. The number of carboxylic acids is 1. The molecule has 0 spiro atoms. The van der Waals surface area contributed by atoms with Crippen molar-refractivity contribution in [3.63, 3.8) is 0 Å². The average molecular weight is 247 g/mol. The van der Waals surface area contributed by atoms with Crippen molar-refractivity contribution in [2.24, 2.45) is 0 Å². The Morgan fingerprint density at radius 3 is 2.83 bits per heavy atom. The summed E-state index contributed by atoms with van der Waals surface area (Å²) in [4.78, 5) is 14.6. The molecule has 2 rings (SSSR count). The molecule has 2 aromatic rings. The number of aliphatic carboxylic acids is 1. The second-order valence-corrected chi connectivity index (χ2v) is 3.93. The largest absolute Gasteiger partial charge is 0.508 e. The molecule has 5 nitrogen and oxygen atoms in total. The van der Waals surface area contributed by atoms with Crippen molar-refractivity contribution in [3.8, 4) is 5.75 Å². The van der Waals surface area contributed by atoms with Gasteiger partial charge >= 0.3 is 5.97 Å². The van der Waals surface area contributed by atoms with E-state index in [0.29, 0.717) is 24.4 Å². The second-order valence-electron chi connectivity index (χ2n) is 3.93. The third-order valence-corrected chi connectivity index (χ3v) is 2.53. The molecular weight excluding hydrogens is 234 g/mol. The van der Waals surface area contributed by atoms with Crippen LogP contribution in [0.1, 0.15) is 23.6 Å². The fraction of sp³-hybridized carbons (Fsp3) is 0.231. The van der Waals surface area contributed by atoms with Gasteiger partial charge in [-0.25, -0.2) is 4.98 Å². The molecule has 0 saturated heterocycles. The van der Waals surface area contributed by atoms with Crippen LogP contribution in [0.4, 0.5) is 0 Å². The number of hydrogen-bond donors (Lipinski definition) is 2. The first-order valence-corrected chi connectivity index (χ1v) is 5.57. The van der Waals surface area contributed by atoms with Crippen molar-refractivity contribution in [1.29, 1.82) is 0 Å². The highest BCUT2D eigenvalue weighted by atomic mass is 16.4.